The van der Waals surface area contributed by atoms with Crippen LogP contribution in [0.15, 0.2) is 60.9 Å². The highest BCUT2D eigenvalue weighted by atomic mass is 35.5. The summed E-state index contributed by atoms with van der Waals surface area (Å²) in [6.07, 6.45) is 5.45. The van der Waals surface area contributed by atoms with Gasteiger partial charge in [0.1, 0.15) is 5.75 Å². The van der Waals surface area contributed by atoms with Crippen molar-refractivity contribution in [3.63, 3.8) is 0 Å². The fourth-order valence-corrected chi connectivity index (χ4v) is 6.02. The SMILES string of the molecule is CCOCCN(Cc1ccc(-c2cn[nH]c2)cc1)C(=O)[C@@H]1CCCN(c2cccc(OC(C)(C)C(=O)N3CCNCC3)c2)C1.Cl. The van der Waals surface area contributed by atoms with Crippen molar-refractivity contribution in [1.29, 1.82) is 0 Å². The Hall–Kier alpha value is -3.60. The van der Waals surface area contributed by atoms with Gasteiger partial charge in [-0.1, -0.05) is 30.3 Å². The predicted molar refractivity (Wildman–Crippen MR) is 179 cm³/mol. The molecule has 3 heterocycles. The molecule has 1 atom stereocenters. The van der Waals surface area contributed by atoms with Crippen LogP contribution in [0.1, 0.15) is 39.2 Å². The third-order valence-corrected chi connectivity index (χ3v) is 8.43. The zero-order chi connectivity index (χ0) is 30.9. The first kappa shape index (κ1) is 34.3. The van der Waals surface area contributed by atoms with Gasteiger partial charge in [0, 0.05) is 82.5 Å². The maximum absolute atomic E-state index is 14.0. The molecule has 0 unspecified atom stereocenters. The molecule has 10 nitrogen and oxygen atoms in total. The van der Waals surface area contributed by atoms with E-state index in [0.717, 1.165) is 54.9 Å². The van der Waals surface area contributed by atoms with E-state index >= 15 is 0 Å². The maximum Gasteiger partial charge on any atom is 0.266 e. The van der Waals surface area contributed by atoms with Crippen LogP contribution < -0.4 is 15.0 Å². The van der Waals surface area contributed by atoms with Crippen LogP contribution in [-0.4, -0.2) is 96.4 Å². The minimum absolute atomic E-state index is 0. The van der Waals surface area contributed by atoms with Crippen LogP contribution >= 0.6 is 12.4 Å². The molecule has 3 aromatic rings. The number of carbonyl (C=O) groups excluding carboxylic acids is 2. The van der Waals surface area contributed by atoms with E-state index in [2.05, 4.69) is 50.7 Å². The number of piperidine rings is 1. The number of hydrogen-bond donors (Lipinski definition) is 2. The molecule has 11 heteroatoms. The maximum atomic E-state index is 14.0. The molecule has 2 aromatic carbocycles. The van der Waals surface area contributed by atoms with E-state index in [1.807, 2.05) is 55.0 Å². The van der Waals surface area contributed by atoms with Gasteiger partial charge in [-0.3, -0.25) is 14.7 Å². The Labute approximate surface area is 272 Å². The number of rotatable bonds is 12. The van der Waals surface area contributed by atoms with Crippen LogP contribution in [0.3, 0.4) is 0 Å². The number of nitrogens with one attached hydrogen (secondary N) is 2. The Balaban J connectivity index is 0.00000461. The van der Waals surface area contributed by atoms with E-state index in [1.54, 1.807) is 6.20 Å². The first-order valence-corrected chi connectivity index (χ1v) is 15.8. The number of aromatic amines is 1. The molecule has 45 heavy (non-hydrogen) atoms. The highest BCUT2D eigenvalue weighted by molar-refractivity contribution is 5.85. The Kier molecular flexibility index (Phi) is 12.3. The van der Waals surface area contributed by atoms with Gasteiger partial charge in [0.25, 0.3) is 5.91 Å². The summed E-state index contributed by atoms with van der Waals surface area (Å²) in [7, 11) is 0. The molecule has 2 N–H and O–H groups in total. The van der Waals surface area contributed by atoms with Gasteiger partial charge < -0.3 is 29.5 Å². The number of aromatic nitrogens is 2. The van der Waals surface area contributed by atoms with Crippen LogP contribution in [0.4, 0.5) is 5.69 Å². The van der Waals surface area contributed by atoms with Crippen LogP contribution in [0, 0.1) is 5.92 Å². The summed E-state index contributed by atoms with van der Waals surface area (Å²) in [6, 6.07) is 16.2. The van der Waals surface area contributed by atoms with Gasteiger partial charge in [-0.05, 0) is 56.9 Å². The van der Waals surface area contributed by atoms with Crippen molar-refractivity contribution < 1.29 is 19.1 Å². The highest BCUT2D eigenvalue weighted by Gasteiger charge is 2.35. The second-order valence-corrected chi connectivity index (χ2v) is 12.1. The second kappa shape index (κ2) is 16.1. The van der Waals surface area contributed by atoms with Crippen molar-refractivity contribution in [3.05, 3.63) is 66.5 Å². The molecule has 244 valence electrons. The topological polar surface area (TPSA) is 103 Å². The van der Waals surface area contributed by atoms with Crippen LogP contribution in [-0.2, 0) is 20.9 Å². The lowest BCUT2D eigenvalue weighted by Gasteiger charge is -2.37. The average molecular weight is 639 g/mol. The van der Waals surface area contributed by atoms with E-state index < -0.39 is 5.60 Å². The third kappa shape index (κ3) is 8.99. The number of hydrogen-bond acceptors (Lipinski definition) is 7. The smallest absolute Gasteiger partial charge is 0.266 e. The van der Waals surface area contributed by atoms with E-state index in [0.29, 0.717) is 51.7 Å². The van der Waals surface area contributed by atoms with E-state index in [1.165, 1.54) is 0 Å². The largest absolute Gasteiger partial charge is 0.478 e. The van der Waals surface area contributed by atoms with Crippen LogP contribution in [0.5, 0.6) is 5.75 Å². The predicted octanol–water partition coefficient (Wildman–Crippen LogP) is 4.37. The van der Waals surface area contributed by atoms with E-state index in [-0.39, 0.29) is 30.1 Å². The molecule has 2 fully saturated rings. The molecular weight excluding hydrogens is 592 g/mol. The van der Waals surface area contributed by atoms with Crippen LogP contribution in [0.2, 0.25) is 0 Å². The number of amides is 2. The molecule has 0 aliphatic carbocycles. The van der Waals surface area contributed by atoms with Crippen molar-refractivity contribution in [3.8, 4) is 16.9 Å². The van der Waals surface area contributed by atoms with Crippen molar-refractivity contribution in [2.75, 3.05) is 63.9 Å². The quantitative estimate of drug-likeness (QED) is 0.284. The van der Waals surface area contributed by atoms with E-state index in [9.17, 15) is 9.59 Å². The summed E-state index contributed by atoms with van der Waals surface area (Å²) in [4.78, 5) is 33.2. The average Bonchev–Trinajstić information content (AvgIpc) is 3.60. The minimum atomic E-state index is -0.978. The fourth-order valence-electron chi connectivity index (χ4n) is 6.02. The molecule has 2 aliphatic heterocycles. The lowest BCUT2D eigenvalue weighted by molar-refractivity contribution is -0.146. The number of anilines is 1. The lowest BCUT2D eigenvalue weighted by atomic mass is 9.95. The molecule has 0 saturated carbocycles. The number of ether oxygens (including phenoxy) is 2. The monoisotopic (exact) mass is 638 g/mol. The number of piperazine rings is 1. The molecule has 2 saturated heterocycles. The molecule has 5 rings (SSSR count). The Morgan fingerprint density at radius 2 is 1.84 bits per heavy atom. The normalized spacial score (nSPS) is 17.0. The fraction of sp³-hybridized carbons (Fsp3) is 0.500. The first-order chi connectivity index (χ1) is 21.3. The summed E-state index contributed by atoms with van der Waals surface area (Å²) in [5, 5.41) is 10.2. The van der Waals surface area contributed by atoms with Gasteiger partial charge >= 0.3 is 0 Å². The van der Waals surface area contributed by atoms with Crippen molar-refractivity contribution in [2.45, 2.75) is 45.8 Å². The van der Waals surface area contributed by atoms with E-state index in [4.69, 9.17) is 9.47 Å². The zero-order valence-corrected chi connectivity index (χ0v) is 27.5. The number of nitrogens with zero attached hydrogens (tertiary/aromatic N) is 4. The summed E-state index contributed by atoms with van der Waals surface area (Å²) >= 11 is 0. The first-order valence-electron chi connectivity index (χ1n) is 15.8. The Morgan fingerprint density at radius 3 is 2.56 bits per heavy atom. The van der Waals surface area contributed by atoms with Crippen molar-refractivity contribution in [2.24, 2.45) is 5.92 Å². The molecule has 0 bridgehead atoms. The number of carbonyl (C=O) groups is 2. The molecule has 2 amide bonds. The van der Waals surface area contributed by atoms with Gasteiger partial charge in [-0.2, -0.15) is 5.10 Å². The summed E-state index contributed by atoms with van der Waals surface area (Å²) in [5.74, 6) is 0.687. The molecule has 0 spiro atoms. The molecule has 1 aromatic heterocycles. The van der Waals surface area contributed by atoms with Gasteiger partial charge in [0.05, 0.1) is 18.7 Å². The van der Waals surface area contributed by atoms with Gasteiger partial charge in [0.15, 0.2) is 5.60 Å². The summed E-state index contributed by atoms with van der Waals surface area (Å²) in [5.41, 5.74) is 3.22. The zero-order valence-electron chi connectivity index (χ0n) is 26.7. The molecular formula is C34H47ClN6O4. The number of H-pyrrole nitrogens is 1. The highest BCUT2D eigenvalue weighted by Crippen LogP contribution is 2.30. The molecule has 2 aliphatic rings. The standard InChI is InChI=1S/C34H46N6O4.ClH/c1-4-43-20-19-40(24-26-10-12-27(13-11-26)29-22-36-37-23-29)32(41)28-7-6-16-39(25-28)30-8-5-9-31(21-30)44-34(2,3)33(42)38-17-14-35-15-18-38;/h5,8-13,21-23,28,35H,4,6-7,14-20,24-25H2,1-3H3,(H,36,37);1H/t28-;/m1./s1. The van der Waals surface area contributed by atoms with Gasteiger partial charge in [-0.25, -0.2) is 0 Å². The van der Waals surface area contributed by atoms with Crippen molar-refractivity contribution in [1.82, 2.24) is 25.3 Å². The summed E-state index contributed by atoms with van der Waals surface area (Å²) < 4.78 is 11.9. The van der Waals surface area contributed by atoms with Crippen molar-refractivity contribution >= 4 is 29.9 Å². The third-order valence-electron chi connectivity index (χ3n) is 8.43. The number of benzene rings is 2. The van der Waals surface area contributed by atoms with Crippen LogP contribution in [0.25, 0.3) is 11.1 Å². The van der Waals surface area contributed by atoms with Gasteiger partial charge in [-0.15, -0.1) is 12.4 Å². The van der Waals surface area contributed by atoms with Gasteiger partial charge in [0.2, 0.25) is 5.91 Å². The Bertz CT molecular complexity index is 1360. The molecule has 0 radical (unpaired) electrons. The minimum Gasteiger partial charge on any atom is -0.478 e. The summed E-state index contributed by atoms with van der Waals surface area (Å²) in [6.45, 7) is 12.3. The second-order valence-electron chi connectivity index (χ2n) is 12.1. The number of halogens is 1. The Morgan fingerprint density at radius 1 is 1.07 bits per heavy atom. The lowest BCUT2D eigenvalue weighted by Crippen LogP contribution is -2.54.